The molecule has 0 spiro atoms. The van der Waals surface area contributed by atoms with Crippen molar-refractivity contribution in [2.45, 2.75) is 17.9 Å². The third-order valence-electron chi connectivity index (χ3n) is 3.06. The Morgan fingerprint density at radius 2 is 1.95 bits per heavy atom. The van der Waals surface area contributed by atoms with E-state index in [0.717, 1.165) is 5.56 Å². The lowest BCUT2D eigenvalue weighted by Gasteiger charge is -2.14. The SMILES string of the molecule is CC(NC(=O)CS(=O)(=O)c1ccc(Cl)cc1)c1cccnc1. The number of hydrogen-bond acceptors (Lipinski definition) is 4. The van der Waals surface area contributed by atoms with Gasteiger partial charge < -0.3 is 5.32 Å². The highest BCUT2D eigenvalue weighted by Gasteiger charge is 2.20. The number of carbonyl (C=O) groups excluding carboxylic acids is 1. The van der Waals surface area contributed by atoms with Crippen LogP contribution in [0.5, 0.6) is 0 Å². The zero-order valence-corrected chi connectivity index (χ0v) is 13.4. The van der Waals surface area contributed by atoms with Crippen LogP contribution >= 0.6 is 11.6 Å². The fourth-order valence-electron chi connectivity index (χ4n) is 1.90. The van der Waals surface area contributed by atoms with E-state index in [1.165, 1.54) is 24.3 Å². The van der Waals surface area contributed by atoms with Gasteiger partial charge in [-0.05, 0) is 42.8 Å². The van der Waals surface area contributed by atoms with Crippen molar-refractivity contribution in [3.8, 4) is 0 Å². The van der Waals surface area contributed by atoms with E-state index in [4.69, 9.17) is 11.6 Å². The molecule has 1 N–H and O–H groups in total. The predicted octanol–water partition coefficient (Wildman–Crippen LogP) is 2.39. The molecule has 1 amide bonds. The van der Waals surface area contributed by atoms with Crippen LogP contribution in [0.15, 0.2) is 53.7 Å². The third kappa shape index (κ3) is 4.29. The lowest BCUT2D eigenvalue weighted by Crippen LogP contribution is -2.32. The topological polar surface area (TPSA) is 76.1 Å². The lowest BCUT2D eigenvalue weighted by molar-refractivity contribution is -0.119. The molecule has 2 rings (SSSR count). The first-order valence-electron chi connectivity index (χ1n) is 6.56. The summed E-state index contributed by atoms with van der Waals surface area (Å²) in [4.78, 5) is 16.0. The molecule has 1 atom stereocenters. The van der Waals surface area contributed by atoms with E-state index in [1.54, 1.807) is 25.4 Å². The second-order valence-electron chi connectivity index (χ2n) is 4.79. The molecule has 0 bridgehead atoms. The van der Waals surface area contributed by atoms with Crippen LogP contribution in [0.4, 0.5) is 0 Å². The van der Waals surface area contributed by atoms with Gasteiger partial charge in [-0.3, -0.25) is 9.78 Å². The summed E-state index contributed by atoms with van der Waals surface area (Å²) in [6.07, 6.45) is 3.25. The largest absolute Gasteiger partial charge is 0.349 e. The molecule has 0 saturated heterocycles. The second-order valence-corrected chi connectivity index (χ2v) is 7.21. The van der Waals surface area contributed by atoms with Crippen molar-refractivity contribution in [2.24, 2.45) is 0 Å². The molecule has 1 heterocycles. The first-order chi connectivity index (χ1) is 10.4. The summed E-state index contributed by atoms with van der Waals surface area (Å²) in [5.41, 5.74) is 0.805. The van der Waals surface area contributed by atoms with E-state index in [2.05, 4.69) is 10.3 Å². The molecule has 7 heteroatoms. The summed E-state index contributed by atoms with van der Waals surface area (Å²) in [5, 5.41) is 3.09. The number of amides is 1. The molecule has 1 aromatic carbocycles. The number of benzene rings is 1. The summed E-state index contributed by atoms with van der Waals surface area (Å²) in [5.74, 6) is -1.18. The highest BCUT2D eigenvalue weighted by molar-refractivity contribution is 7.92. The zero-order chi connectivity index (χ0) is 16.2. The van der Waals surface area contributed by atoms with Crippen molar-refractivity contribution in [1.29, 1.82) is 0 Å². The molecule has 1 unspecified atom stereocenters. The van der Waals surface area contributed by atoms with Gasteiger partial charge in [0.1, 0.15) is 5.75 Å². The molecule has 5 nitrogen and oxygen atoms in total. The van der Waals surface area contributed by atoms with Gasteiger partial charge in [-0.15, -0.1) is 0 Å². The summed E-state index contributed by atoms with van der Waals surface area (Å²) in [6.45, 7) is 1.77. The maximum absolute atomic E-state index is 12.2. The van der Waals surface area contributed by atoms with Crippen LogP contribution in [0.3, 0.4) is 0 Å². The van der Waals surface area contributed by atoms with Crippen LogP contribution in [-0.4, -0.2) is 25.1 Å². The fourth-order valence-corrected chi connectivity index (χ4v) is 3.17. The number of rotatable bonds is 5. The minimum absolute atomic E-state index is 0.0704. The minimum atomic E-state index is -3.69. The number of aromatic nitrogens is 1. The Morgan fingerprint density at radius 3 is 2.55 bits per heavy atom. The quantitative estimate of drug-likeness (QED) is 0.908. The average Bonchev–Trinajstić information content (AvgIpc) is 2.48. The van der Waals surface area contributed by atoms with Gasteiger partial charge in [-0.25, -0.2) is 8.42 Å². The molecule has 0 saturated carbocycles. The van der Waals surface area contributed by atoms with E-state index in [9.17, 15) is 13.2 Å². The molecule has 0 aliphatic rings. The molecule has 22 heavy (non-hydrogen) atoms. The van der Waals surface area contributed by atoms with Crippen LogP contribution in [0.1, 0.15) is 18.5 Å². The standard InChI is InChI=1S/C15H15ClN2O3S/c1-11(12-3-2-8-17-9-12)18-15(19)10-22(20,21)14-6-4-13(16)5-7-14/h2-9,11H,10H2,1H3,(H,18,19). The van der Waals surface area contributed by atoms with Crippen LogP contribution < -0.4 is 5.32 Å². The van der Waals surface area contributed by atoms with Gasteiger partial charge in [0.2, 0.25) is 5.91 Å². The molecule has 2 aromatic rings. The number of nitrogens with one attached hydrogen (secondary N) is 1. The second kappa shape index (κ2) is 6.89. The summed E-state index contributed by atoms with van der Waals surface area (Å²) >= 11 is 5.72. The third-order valence-corrected chi connectivity index (χ3v) is 4.94. The number of hydrogen-bond donors (Lipinski definition) is 1. The summed E-state index contributed by atoms with van der Waals surface area (Å²) < 4.78 is 24.3. The van der Waals surface area contributed by atoms with Crippen LogP contribution in [-0.2, 0) is 14.6 Å². The van der Waals surface area contributed by atoms with E-state index in [-0.39, 0.29) is 10.9 Å². The van der Waals surface area contributed by atoms with Gasteiger partial charge >= 0.3 is 0 Å². The Kier molecular flexibility index (Phi) is 5.15. The maximum Gasteiger partial charge on any atom is 0.236 e. The van der Waals surface area contributed by atoms with E-state index < -0.39 is 21.5 Å². The first-order valence-corrected chi connectivity index (χ1v) is 8.59. The van der Waals surface area contributed by atoms with E-state index in [0.29, 0.717) is 5.02 Å². The van der Waals surface area contributed by atoms with Crippen LogP contribution in [0.25, 0.3) is 0 Å². The van der Waals surface area contributed by atoms with Crippen molar-refractivity contribution >= 4 is 27.3 Å². The van der Waals surface area contributed by atoms with Crippen molar-refractivity contribution in [2.75, 3.05) is 5.75 Å². The average molecular weight is 339 g/mol. The van der Waals surface area contributed by atoms with Crippen LogP contribution in [0, 0.1) is 0 Å². The maximum atomic E-state index is 12.2. The van der Waals surface area contributed by atoms with E-state index in [1.807, 2.05) is 6.07 Å². The molecule has 0 aliphatic heterocycles. The van der Waals surface area contributed by atoms with Crippen molar-refractivity contribution < 1.29 is 13.2 Å². The predicted molar refractivity (Wildman–Crippen MR) is 84.3 cm³/mol. The van der Waals surface area contributed by atoms with Gasteiger partial charge in [0.15, 0.2) is 9.84 Å². The van der Waals surface area contributed by atoms with Gasteiger partial charge in [0, 0.05) is 17.4 Å². The molecule has 0 aliphatic carbocycles. The minimum Gasteiger partial charge on any atom is -0.349 e. The van der Waals surface area contributed by atoms with Gasteiger partial charge in [-0.1, -0.05) is 17.7 Å². The number of halogens is 1. The van der Waals surface area contributed by atoms with E-state index >= 15 is 0 Å². The number of pyridine rings is 1. The highest BCUT2D eigenvalue weighted by atomic mass is 35.5. The first kappa shape index (κ1) is 16.5. The molecule has 116 valence electrons. The highest BCUT2D eigenvalue weighted by Crippen LogP contribution is 2.16. The van der Waals surface area contributed by atoms with Gasteiger partial charge in [0.25, 0.3) is 0 Å². The number of nitrogens with zero attached hydrogens (tertiary/aromatic N) is 1. The monoisotopic (exact) mass is 338 g/mol. The smallest absolute Gasteiger partial charge is 0.236 e. The van der Waals surface area contributed by atoms with Gasteiger partial charge in [-0.2, -0.15) is 0 Å². The Morgan fingerprint density at radius 1 is 1.27 bits per heavy atom. The molecule has 1 aromatic heterocycles. The molecule has 0 fully saturated rings. The molecular weight excluding hydrogens is 324 g/mol. The van der Waals surface area contributed by atoms with Gasteiger partial charge in [0.05, 0.1) is 10.9 Å². The Balaban J connectivity index is 2.03. The Hall–Kier alpha value is -1.92. The summed E-state index contributed by atoms with van der Waals surface area (Å²) in [6, 6.07) is 8.97. The normalized spacial score (nSPS) is 12.6. The number of sulfone groups is 1. The van der Waals surface area contributed by atoms with Crippen molar-refractivity contribution in [3.05, 3.63) is 59.4 Å². The Labute approximate surface area is 134 Å². The fraction of sp³-hybridized carbons (Fsp3) is 0.200. The van der Waals surface area contributed by atoms with Crippen LogP contribution in [0.2, 0.25) is 5.02 Å². The molecular formula is C15H15ClN2O3S. The summed E-state index contributed by atoms with van der Waals surface area (Å²) in [7, 11) is -3.69. The zero-order valence-electron chi connectivity index (χ0n) is 11.9. The lowest BCUT2D eigenvalue weighted by atomic mass is 10.1. The Bertz CT molecular complexity index is 746. The number of carbonyl (C=O) groups is 1. The van der Waals surface area contributed by atoms with Crippen molar-refractivity contribution in [1.82, 2.24) is 10.3 Å². The molecule has 0 radical (unpaired) electrons. The van der Waals surface area contributed by atoms with Crippen molar-refractivity contribution in [3.63, 3.8) is 0 Å².